The highest BCUT2D eigenvalue weighted by Gasteiger charge is 2.37. The first-order valence-corrected chi connectivity index (χ1v) is 9.58. The Labute approximate surface area is 161 Å². The number of carbonyl (C=O) groups excluding carboxylic acids is 1. The fourth-order valence-electron chi connectivity index (χ4n) is 4.27. The van der Waals surface area contributed by atoms with Crippen molar-refractivity contribution in [2.24, 2.45) is 0 Å². The number of para-hydroxylation sites is 2. The van der Waals surface area contributed by atoms with E-state index in [2.05, 4.69) is 15.3 Å². The molecule has 1 saturated heterocycles. The minimum absolute atomic E-state index is 0.0195. The van der Waals surface area contributed by atoms with Gasteiger partial charge in [-0.3, -0.25) is 4.79 Å². The molecule has 1 N–H and O–H groups in total. The Hall–Kier alpha value is -2.78. The van der Waals surface area contributed by atoms with Crippen LogP contribution < -0.4 is 0 Å². The molecule has 2 aliphatic heterocycles. The molecule has 4 heterocycles. The quantitative estimate of drug-likeness (QED) is 0.719. The lowest BCUT2D eigenvalue weighted by Gasteiger charge is -2.41. The van der Waals surface area contributed by atoms with Crippen LogP contribution in [0, 0.1) is 0 Å². The zero-order valence-electron chi connectivity index (χ0n) is 15.4. The fourth-order valence-corrected chi connectivity index (χ4v) is 4.27. The van der Waals surface area contributed by atoms with Gasteiger partial charge in [-0.15, -0.1) is 5.10 Å². The van der Waals surface area contributed by atoms with Crippen LogP contribution >= 0.6 is 0 Å². The van der Waals surface area contributed by atoms with Crippen LogP contribution in [0.2, 0.25) is 0 Å². The number of likely N-dealkylation sites (tertiary alicyclic amines) is 1. The Kier molecular flexibility index (Phi) is 4.33. The minimum Gasteiger partial charge on any atom is -0.388 e. The molecule has 0 radical (unpaired) electrons. The third-order valence-electron chi connectivity index (χ3n) is 5.71. The molecule has 146 valence electrons. The standard InChI is InChI=1S/C19H22N6O3/c26-11-18-21-14-3-1-2-4-15(14)24(18)8-6-19(27)23-7-5-17-16(10-23)25-13(12-28-17)9-20-22-25/h1-4,9,16-17,26H,5-8,10-12H2/t16-,17-/m0/s1. The van der Waals surface area contributed by atoms with Crippen LogP contribution in [0.5, 0.6) is 0 Å². The smallest absolute Gasteiger partial charge is 0.224 e. The van der Waals surface area contributed by atoms with Gasteiger partial charge < -0.3 is 19.3 Å². The van der Waals surface area contributed by atoms with Crippen molar-refractivity contribution in [1.82, 2.24) is 29.4 Å². The molecule has 0 aliphatic carbocycles. The fraction of sp³-hybridized carbons (Fsp3) is 0.474. The Balaban J connectivity index is 1.30. The van der Waals surface area contributed by atoms with Gasteiger partial charge >= 0.3 is 0 Å². The molecule has 28 heavy (non-hydrogen) atoms. The molecule has 2 atom stereocenters. The van der Waals surface area contributed by atoms with Crippen molar-refractivity contribution in [3.05, 3.63) is 42.0 Å². The van der Waals surface area contributed by atoms with E-state index in [9.17, 15) is 9.90 Å². The third kappa shape index (κ3) is 2.87. The number of fused-ring (bicyclic) bond motifs is 4. The number of ether oxygens (including phenoxy) is 1. The number of carbonyl (C=O) groups is 1. The highest BCUT2D eigenvalue weighted by molar-refractivity contribution is 5.78. The number of hydrogen-bond donors (Lipinski definition) is 1. The van der Waals surface area contributed by atoms with E-state index in [-0.39, 0.29) is 24.7 Å². The zero-order chi connectivity index (χ0) is 19.1. The number of aryl methyl sites for hydroxylation is 1. The Morgan fingerprint density at radius 3 is 3.11 bits per heavy atom. The van der Waals surface area contributed by atoms with Crippen LogP contribution in [-0.2, 0) is 29.3 Å². The van der Waals surface area contributed by atoms with E-state index in [0.717, 1.165) is 23.1 Å². The van der Waals surface area contributed by atoms with Crippen LogP contribution in [0.1, 0.15) is 30.4 Å². The maximum absolute atomic E-state index is 12.9. The normalized spacial score (nSPS) is 21.5. The highest BCUT2D eigenvalue weighted by atomic mass is 16.5. The Morgan fingerprint density at radius 2 is 2.21 bits per heavy atom. The lowest BCUT2D eigenvalue weighted by molar-refractivity contribution is -0.138. The molecular weight excluding hydrogens is 360 g/mol. The summed E-state index contributed by atoms with van der Waals surface area (Å²) in [5.74, 6) is 0.674. The predicted octanol–water partition coefficient (Wildman–Crippen LogP) is 0.883. The lowest BCUT2D eigenvalue weighted by atomic mass is 10.00. The van der Waals surface area contributed by atoms with Crippen molar-refractivity contribution >= 4 is 16.9 Å². The monoisotopic (exact) mass is 382 g/mol. The molecule has 1 fully saturated rings. The van der Waals surface area contributed by atoms with Crippen molar-refractivity contribution in [2.45, 2.75) is 44.7 Å². The molecule has 0 spiro atoms. The van der Waals surface area contributed by atoms with Crippen LogP contribution in [0.4, 0.5) is 0 Å². The zero-order valence-corrected chi connectivity index (χ0v) is 15.4. The van der Waals surface area contributed by atoms with Crippen LogP contribution in [0.3, 0.4) is 0 Å². The van der Waals surface area contributed by atoms with E-state index in [1.165, 1.54) is 0 Å². The number of aromatic nitrogens is 5. The third-order valence-corrected chi connectivity index (χ3v) is 5.71. The molecule has 2 aromatic heterocycles. The summed E-state index contributed by atoms with van der Waals surface area (Å²) in [6, 6.07) is 7.75. The van der Waals surface area contributed by atoms with E-state index < -0.39 is 0 Å². The largest absolute Gasteiger partial charge is 0.388 e. The number of piperidine rings is 1. The van der Waals surface area contributed by atoms with Gasteiger partial charge in [0.05, 0.1) is 41.7 Å². The number of imidazole rings is 1. The predicted molar refractivity (Wildman–Crippen MR) is 99.1 cm³/mol. The summed E-state index contributed by atoms with van der Waals surface area (Å²) in [5, 5.41) is 17.8. The average molecular weight is 382 g/mol. The van der Waals surface area contributed by atoms with E-state index in [1.807, 2.05) is 38.4 Å². The Bertz CT molecular complexity index is 1010. The van der Waals surface area contributed by atoms with E-state index >= 15 is 0 Å². The van der Waals surface area contributed by atoms with Crippen molar-refractivity contribution < 1.29 is 14.6 Å². The summed E-state index contributed by atoms with van der Waals surface area (Å²) in [4.78, 5) is 19.2. The van der Waals surface area contributed by atoms with E-state index in [4.69, 9.17) is 4.74 Å². The summed E-state index contributed by atoms with van der Waals surface area (Å²) < 4.78 is 9.75. The first kappa shape index (κ1) is 17.3. The average Bonchev–Trinajstić information content (AvgIpc) is 3.36. The topological polar surface area (TPSA) is 98.3 Å². The number of rotatable bonds is 4. The van der Waals surface area contributed by atoms with Gasteiger partial charge in [-0.1, -0.05) is 17.3 Å². The summed E-state index contributed by atoms with van der Waals surface area (Å²) in [6.45, 7) is 2.13. The second-order valence-electron chi connectivity index (χ2n) is 7.29. The number of hydrogen-bond acceptors (Lipinski definition) is 6. The van der Waals surface area contributed by atoms with Crippen LogP contribution in [0.25, 0.3) is 11.0 Å². The molecule has 9 nitrogen and oxygen atoms in total. The summed E-state index contributed by atoms with van der Waals surface area (Å²) in [5.41, 5.74) is 2.72. The molecule has 3 aromatic rings. The van der Waals surface area contributed by atoms with Gasteiger partial charge in [0.15, 0.2) is 0 Å². The van der Waals surface area contributed by atoms with Crippen LogP contribution in [0.15, 0.2) is 30.5 Å². The molecule has 0 bridgehead atoms. The van der Waals surface area contributed by atoms with E-state index in [1.54, 1.807) is 6.20 Å². The molecule has 0 saturated carbocycles. The molecule has 9 heteroatoms. The van der Waals surface area contributed by atoms with Gasteiger partial charge in [0.25, 0.3) is 0 Å². The van der Waals surface area contributed by atoms with Gasteiger partial charge in [-0.25, -0.2) is 9.67 Å². The van der Waals surface area contributed by atoms with Gasteiger partial charge in [-0.2, -0.15) is 0 Å². The first-order valence-electron chi connectivity index (χ1n) is 9.58. The summed E-state index contributed by atoms with van der Waals surface area (Å²) in [6.07, 6.45) is 2.95. The van der Waals surface area contributed by atoms with Crippen molar-refractivity contribution in [2.75, 3.05) is 13.1 Å². The van der Waals surface area contributed by atoms with Crippen molar-refractivity contribution in [3.8, 4) is 0 Å². The molecule has 2 aliphatic rings. The maximum atomic E-state index is 12.9. The van der Waals surface area contributed by atoms with Crippen molar-refractivity contribution in [1.29, 1.82) is 0 Å². The van der Waals surface area contributed by atoms with Crippen LogP contribution in [-0.4, -0.2) is 59.7 Å². The summed E-state index contributed by atoms with van der Waals surface area (Å²) >= 11 is 0. The van der Waals surface area contributed by atoms with Crippen molar-refractivity contribution in [3.63, 3.8) is 0 Å². The first-order chi connectivity index (χ1) is 13.7. The highest BCUT2D eigenvalue weighted by Crippen LogP contribution is 2.30. The van der Waals surface area contributed by atoms with Gasteiger partial charge in [0, 0.05) is 26.1 Å². The lowest BCUT2D eigenvalue weighted by Crippen LogP contribution is -2.50. The molecule has 1 aromatic carbocycles. The number of benzene rings is 1. The number of amides is 1. The molecule has 0 unspecified atom stereocenters. The Morgan fingerprint density at radius 1 is 1.32 bits per heavy atom. The second-order valence-corrected chi connectivity index (χ2v) is 7.29. The maximum Gasteiger partial charge on any atom is 0.224 e. The number of nitrogens with zero attached hydrogens (tertiary/aromatic N) is 6. The molecule has 1 amide bonds. The summed E-state index contributed by atoms with van der Waals surface area (Å²) in [7, 11) is 0. The SMILES string of the molecule is O=C(CCn1c(CO)nc2ccccc21)N1CC[C@@H]2OCc3cnnn3[C@H]2C1. The number of aliphatic hydroxyl groups is 1. The molecular formula is C19H22N6O3. The van der Waals surface area contributed by atoms with E-state index in [0.29, 0.717) is 38.5 Å². The number of aliphatic hydroxyl groups excluding tert-OH is 1. The van der Waals surface area contributed by atoms with Gasteiger partial charge in [-0.05, 0) is 18.6 Å². The minimum atomic E-state index is -0.150. The molecule has 5 rings (SSSR count). The van der Waals surface area contributed by atoms with Gasteiger partial charge in [0.2, 0.25) is 5.91 Å². The van der Waals surface area contributed by atoms with Gasteiger partial charge in [0.1, 0.15) is 12.4 Å². The second kappa shape index (κ2) is 6.99.